The number of benzene rings is 1. The molecule has 0 aliphatic rings. The van der Waals surface area contributed by atoms with E-state index in [4.69, 9.17) is 0 Å². The molecule has 0 unspecified atom stereocenters. The van der Waals surface area contributed by atoms with Crippen LogP contribution in [0.5, 0.6) is 0 Å². The minimum absolute atomic E-state index is 0.283. The first-order valence-electron chi connectivity index (χ1n) is 5.62. The van der Waals surface area contributed by atoms with Crippen LogP contribution in [0, 0.1) is 0 Å². The first-order chi connectivity index (χ1) is 8.86. The zero-order valence-electron chi connectivity index (χ0n) is 10.2. The summed E-state index contributed by atoms with van der Waals surface area (Å²) in [5.74, 6) is -0.718. The second-order valence-electron chi connectivity index (χ2n) is 3.80. The Balaban J connectivity index is 2.90. The van der Waals surface area contributed by atoms with Crippen LogP contribution in [-0.4, -0.2) is 12.5 Å². The monoisotopic (exact) mass is 335 g/mol. The van der Waals surface area contributed by atoms with E-state index < -0.39 is 17.6 Å². The first-order valence-corrected chi connectivity index (χ1v) is 6.41. The van der Waals surface area contributed by atoms with Crippen molar-refractivity contribution in [3.8, 4) is 0 Å². The summed E-state index contributed by atoms with van der Waals surface area (Å²) in [6, 6.07) is 3.48. The zero-order valence-corrected chi connectivity index (χ0v) is 11.8. The highest BCUT2D eigenvalue weighted by Crippen LogP contribution is 2.33. The van der Waals surface area contributed by atoms with Crippen LogP contribution in [0.2, 0.25) is 0 Å². The van der Waals surface area contributed by atoms with Gasteiger partial charge in [-0.05, 0) is 31.5 Å². The summed E-state index contributed by atoms with van der Waals surface area (Å²) in [4.78, 5) is 11.7. The number of alkyl halides is 3. The Kier molecular flexibility index (Phi) is 5.60. The van der Waals surface area contributed by atoms with Crippen molar-refractivity contribution in [2.75, 3.05) is 6.54 Å². The van der Waals surface area contributed by atoms with Gasteiger partial charge in [-0.1, -0.05) is 28.1 Å². The summed E-state index contributed by atoms with van der Waals surface area (Å²) >= 11 is 2.97. The second-order valence-corrected chi connectivity index (χ2v) is 4.72. The maximum Gasteiger partial charge on any atom is 0.417 e. The summed E-state index contributed by atoms with van der Waals surface area (Å²) < 4.78 is 38.7. The van der Waals surface area contributed by atoms with Crippen LogP contribution >= 0.6 is 15.9 Å². The Labute approximate surface area is 117 Å². The summed E-state index contributed by atoms with van der Waals surface area (Å²) in [5, 5.41) is 2.46. The van der Waals surface area contributed by atoms with Crippen LogP contribution in [0.1, 0.15) is 29.3 Å². The van der Waals surface area contributed by atoms with Gasteiger partial charge in [0.25, 0.3) is 5.91 Å². The molecule has 1 rings (SSSR count). The molecule has 0 fully saturated rings. The highest BCUT2D eigenvalue weighted by molar-refractivity contribution is 9.10. The van der Waals surface area contributed by atoms with Crippen LogP contribution in [0.3, 0.4) is 0 Å². The van der Waals surface area contributed by atoms with Gasteiger partial charge in [0.1, 0.15) is 0 Å². The highest BCUT2D eigenvalue weighted by Gasteiger charge is 2.35. The molecular formula is C13H13BrF3NO. The topological polar surface area (TPSA) is 29.1 Å². The molecular weight excluding hydrogens is 323 g/mol. The molecule has 1 N–H and O–H groups in total. The van der Waals surface area contributed by atoms with E-state index in [0.29, 0.717) is 13.0 Å². The molecule has 0 saturated heterocycles. The third-order valence-electron chi connectivity index (χ3n) is 2.36. The molecule has 19 heavy (non-hydrogen) atoms. The SMILES string of the molecule is C/C=C/CCNC(=O)c1ccc(Br)cc1C(F)(F)F. The summed E-state index contributed by atoms with van der Waals surface area (Å²) in [5.41, 5.74) is -1.30. The highest BCUT2D eigenvalue weighted by atomic mass is 79.9. The number of allylic oxidation sites excluding steroid dienone is 1. The number of halogens is 4. The number of carbonyl (C=O) groups is 1. The van der Waals surface area contributed by atoms with Crippen LogP contribution < -0.4 is 5.32 Å². The Hall–Kier alpha value is -1.30. The van der Waals surface area contributed by atoms with E-state index in [2.05, 4.69) is 21.2 Å². The number of nitrogens with one attached hydrogen (secondary N) is 1. The van der Waals surface area contributed by atoms with Gasteiger partial charge < -0.3 is 5.32 Å². The van der Waals surface area contributed by atoms with E-state index in [1.807, 2.05) is 19.1 Å². The minimum Gasteiger partial charge on any atom is -0.352 e. The van der Waals surface area contributed by atoms with Crippen molar-refractivity contribution >= 4 is 21.8 Å². The predicted molar refractivity (Wildman–Crippen MR) is 70.9 cm³/mol. The lowest BCUT2D eigenvalue weighted by Gasteiger charge is -2.13. The Morgan fingerprint density at radius 1 is 1.42 bits per heavy atom. The normalized spacial score (nSPS) is 11.8. The molecule has 0 atom stereocenters. The molecule has 104 valence electrons. The molecule has 0 radical (unpaired) electrons. The standard InChI is InChI=1S/C13H13BrF3NO/c1-2-3-4-7-18-12(19)10-6-5-9(14)8-11(10)13(15,16)17/h2-3,5-6,8H,4,7H2,1H3,(H,18,19)/b3-2+. The van der Waals surface area contributed by atoms with Crippen LogP contribution in [0.15, 0.2) is 34.8 Å². The molecule has 0 aliphatic carbocycles. The number of carbonyl (C=O) groups excluding carboxylic acids is 1. The average molecular weight is 336 g/mol. The maximum atomic E-state index is 12.8. The zero-order chi connectivity index (χ0) is 14.5. The molecule has 1 aromatic carbocycles. The summed E-state index contributed by atoms with van der Waals surface area (Å²) in [6.07, 6.45) is -0.334. The molecule has 6 heteroatoms. The largest absolute Gasteiger partial charge is 0.417 e. The van der Waals surface area contributed by atoms with Crippen molar-refractivity contribution in [2.45, 2.75) is 19.5 Å². The average Bonchev–Trinajstić information content (AvgIpc) is 2.33. The van der Waals surface area contributed by atoms with Crippen molar-refractivity contribution in [3.05, 3.63) is 46.0 Å². The van der Waals surface area contributed by atoms with Crippen molar-refractivity contribution in [1.82, 2.24) is 5.32 Å². The van der Waals surface area contributed by atoms with Gasteiger partial charge in [0.2, 0.25) is 0 Å². The van der Waals surface area contributed by atoms with E-state index in [9.17, 15) is 18.0 Å². The van der Waals surface area contributed by atoms with Gasteiger partial charge in [-0.25, -0.2) is 0 Å². The number of hydrogen-bond donors (Lipinski definition) is 1. The fraction of sp³-hybridized carbons (Fsp3) is 0.308. The van der Waals surface area contributed by atoms with E-state index >= 15 is 0 Å². The Morgan fingerprint density at radius 2 is 2.11 bits per heavy atom. The van der Waals surface area contributed by atoms with Crippen LogP contribution in [0.25, 0.3) is 0 Å². The lowest BCUT2D eigenvalue weighted by Crippen LogP contribution is -2.27. The Morgan fingerprint density at radius 3 is 2.68 bits per heavy atom. The minimum atomic E-state index is -4.56. The fourth-order valence-corrected chi connectivity index (χ4v) is 1.84. The van der Waals surface area contributed by atoms with Crippen LogP contribution in [-0.2, 0) is 6.18 Å². The summed E-state index contributed by atoms with van der Waals surface area (Å²) in [6.45, 7) is 2.13. The van der Waals surface area contributed by atoms with Crippen molar-refractivity contribution in [1.29, 1.82) is 0 Å². The molecule has 0 saturated carbocycles. The smallest absolute Gasteiger partial charge is 0.352 e. The van der Waals surface area contributed by atoms with E-state index in [-0.39, 0.29) is 10.0 Å². The Bertz CT molecular complexity index is 483. The molecule has 1 amide bonds. The van der Waals surface area contributed by atoms with Gasteiger partial charge >= 0.3 is 6.18 Å². The maximum absolute atomic E-state index is 12.8. The third kappa shape index (κ3) is 4.70. The molecule has 0 aliphatic heterocycles. The second kappa shape index (κ2) is 6.75. The van der Waals surface area contributed by atoms with Crippen molar-refractivity contribution < 1.29 is 18.0 Å². The lowest BCUT2D eigenvalue weighted by atomic mass is 10.1. The van der Waals surface area contributed by atoms with Gasteiger partial charge in [-0.3, -0.25) is 4.79 Å². The molecule has 0 aromatic heterocycles. The summed E-state index contributed by atoms with van der Waals surface area (Å²) in [7, 11) is 0. The van der Waals surface area contributed by atoms with Gasteiger partial charge in [0.05, 0.1) is 11.1 Å². The van der Waals surface area contributed by atoms with Crippen molar-refractivity contribution in [2.24, 2.45) is 0 Å². The third-order valence-corrected chi connectivity index (χ3v) is 2.86. The predicted octanol–water partition coefficient (Wildman–Crippen LogP) is 4.16. The van der Waals surface area contributed by atoms with E-state index in [1.165, 1.54) is 6.07 Å². The first kappa shape index (κ1) is 15.8. The quantitative estimate of drug-likeness (QED) is 0.649. The van der Waals surface area contributed by atoms with Gasteiger partial charge in [0.15, 0.2) is 0 Å². The number of amides is 1. The molecule has 0 heterocycles. The molecule has 0 spiro atoms. The molecule has 1 aromatic rings. The van der Waals surface area contributed by atoms with Crippen LogP contribution in [0.4, 0.5) is 13.2 Å². The van der Waals surface area contributed by atoms with Crippen molar-refractivity contribution in [3.63, 3.8) is 0 Å². The number of hydrogen-bond acceptors (Lipinski definition) is 1. The van der Waals surface area contributed by atoms with Gasteiger partial charge in [-0.15, -0.1) is 0 Å². The van der Waals surface area contributed by atoms with Gasteiger partial charge in [0, 0.05) is 11.0 Å². The molecule has 0 bridgehead atoms. The number of rotatable bonds is 4. The van der Waals surface area contributed by atoms with E-state index in [0.717, 1.165) is 12.1 Å². The van der Waals surface area contributed by atoms with E-state index in [1.54, 1.807) is 0 Å². The van der Waals surface area contributed by atoms with Gasteiger partial charge in [-0.2, -0.15) is 13.2 Å². The molecule has 2 nitrogen and oxygen atoms in total. The fourth-order valence-electron chi connectivity index (χ4n) is 1.48. The lowest BCUT2D eigenvalue weighted by molar-refractivity contribution is -0.138.